The Hall–Kier alpha value is -2.62. The molecular formula is C44H74O4. The molecule has 0 aromatic heterocycles. The van der Waals surface area contributed by atoms with Gasteiger partial charge in [-0.15, -0.1) is 0 Å². The molecule has 0 amide bonds. The maximum absolute atomic E-state index is 12.7. The molecule has 48 heavy (non-hydrogen) atoms. The third kappa shape index (κ3) is 37.8. The number of aliphatic carboxylic acids is 1. The molecule has 0 aromatic carbocycles. The molecule has 0 aliphatic carbocycles. The van der Waals surface area contributed by atoms with Crippen molar-refractivity contribution in [1.29, 1.82) is 0 Å². The molecule has 0 radical (unpaired) electrons. The molecule has 0 bridgehead atoms. The lowest BCUT2D eigenvalue weighted by molar-refractivity contribution is -0.150. The molecule has 0 saturated heterocycles. The molecule has 0 aliphatic heterocycles. The van der Waals surface area contributed by atoms with Crippen molar-refractivity contribution in [2.45, 2.75) is 193 Å². The van der Waals surface area contributed by atoms with E-state index in [9.17, 15) is 9.59 Å². The van der Waals surface area contributed by atoms with Gasteiger partial charge in [0.1, 0.15) is 6.10 Å². The van der Waals surface area contributed by atoms with Gasteiger partial charge in [-0.1, -0.05) is 151 Å². The number of allylic oxidation sites excluding steroid dienone is 12. The van der Waals surface area contributed by atoms with Crippen LogP contribution in [-0.2, 0) is 14.3 Å². The molecular weight excluding hydrogens is 592 g/mol. The van der Waals surface area contributed by atoms with Crippen molar-refractivity contribution in [2.75, 3.05) is 0 Å². The lowest BCUT2D eigenvalue weighted by Gasteiger charge is -2.17. The van der Waals surface area contributed by atoms with Crippen LogP contribution in [0.25, 0.3) is 0 Å². The summed E-state index contributed by atoms with van der Waals surface area (Å²) in [7, 11) is 0. The van der Waals surface area contributed by atoms with Crippen LogP contribution < -0.4 is 0 Å². The summed E-state index contributed by atoms with van der Waals surface area (Å²) in [5.41, 5.74) is 0. The summed E-state index contributed by atoms with van der Waals surface area (Å²) in [4.78, 5) is 23.4. The zero-order valence-corrected chi connectivity index (χ0v) is 31.3. The van der Waals surface area contributed by atoms with Gasteiger partial charge in [0.25, 0.3) is 0 Å². The van der Waals surface area contributed by atoms with Crippen molar-refractivity contribution in [3.8, 4) is 0 Å². The summed E-state index contributed by atoms with van der Waals surface area (Å²) < 4.78 is 5.96. The molecule has 1 N–H and O–H groups in total. The van der Waals surface area contributed by atoms with Crippen LogP contribution in [0.1, 0.15) is 187 Å². The van der Waals surface area contributed by atoms with E-state index in [1.54, 1.807) is 0 Å². The molecule has 4 nitrogen and oxygen atoms in total. The lowest BCUT2D eigenvalue weighted by Crippen LogP contribution is -2.18. The SMILES string of the molecule is CC/C=C\C/C=C\C/C=C\C/C=C\CCC(CCCCCCCC(=O)O)OC(=O)CCCCCCCCC/C=C\C/C=C\CCCCC. The highest BCUT2D eigenvalue weighted by Gasteiger charge is 2.13. The second-order valence-corrected chi connectivity index (χ2v) is 13.1. The highest BCUT2D eigenvalue weighted by atomic mass is 16.5. The van der Waals surface area contributed by atoms with E-state index in [2.05, 4.69) is 86.8 Å². The predicted octanol–water partition coefficient (Wildman–Crippen LogP) is 13.9. The first-order valence-corrected chi connectivity index (χ1v) is 19.9. The third-order valence-electron chi connectivity index (χ3n) is 8.42. The Balaban J connectivity index is 4.17. The number of ether oxygens (including phenoxy) is 1. The van der Waals surface area contributed by atoms with E-state index < -0.39 is 5.97 Å². The van der Waals surface area contributed by atoms with Crippen molar-refractivity contribution in [3.05, 3.63) is 72.9 Å². The molecule has 0 saturated carbocycles. The largest absolute Gasteiger partial charge is 0.481 e. The van der Waals surface area contributed by atoms with Gasteiger partial charge in [-0.2, -0.15) is 0 Å². The summed E-state index contributed by atoms with van der Waals surface area (Å²) >= 11 is 0. The fourth-order valence-electron chi connectivity index (χ4n) is 5.50. The van der Waals surface area contributed by atoms with Gasteiger partial charge in [-0.05, 0) is 96.3 Å². The number of carboxylic acids is 1. The van der Waals surface area contributed by atoms with Crippen molar-refractivity contribution in [2.24, 2.45) is 0 Å². The van der Waals surface area contributed by atoms with Crippen LogP contribution in [0.4, 0.5) is 0 Å². The number of carbonyl (C=O) groups is 2. The Kier molecular flexibility index (Phi) is 36.7. The van der Waals surface area contributed by atoms with E-state index >= 15 is 0 Å². The van der Waals surface area contributed by atoms with Gasteiger partial charge in [0, 0.05) is 12.8 Å². The smallest absolute Gasteiger partial charge is 0.306 e. The number of hydrogen-bond acceptors (Lipinski definition) is 3. The Morgan fingerprint density at radius 2 is 0.917 bits per heavy atom. The van der Waals surface area contributed by atoms with E-state index in [-0.39, 0.29) is 18.5 Å². The number of esters is 1. The molecule has 0 aliphatic rings. The van der Waals surface area contributed by atoms with Gasteiger partial charge >= 0.3 is 11.9 Å². The minimum atomic E-state index is -0.715. The minimum Gasteiger partial charge on any atom is -0.481 e. The standard InChI is InChI=1S/C44H74O4/c1-3-5-7-9-11-13-15-17-18-19-20-22-24-26-28-33-37-41-44(47)48-42(39-35-31-29-32-36-40-43(45)46)38-34-30-27-25-23-21-16-14-12-10-8-6-4-2/h6,8,11-14,17-18,21,23,27,30,42H,3-5,7,9-10,15-16,19-20,22,24-26,28-29,31-41H2,1-2H3,(H,45,46)/b8-6-,13-11-,14-12-,18-17-,23-21-,30-27-. The van der Waals surface area contributed by atoms with Crippen LogP contribution in [0, 0.1) is 0 Å². The highest BCUT2D eigenvalue weighted by molar-refractivity contribution is 5.69. The molecule has 0 heterocycles. The fourth-order valence-corrected chi connectivity index (χ4v) is 5.50. The zero-order valence-electron chi connectivity index (χ0n) is 31.3. The highest BCUT2D eigenvalue weighted by Crippen LogP contribution is 2.17. The van der Waals surface area contributed by atoms with Crippen LogP contribution in [0.3, 0.4) is 0 Å². The first-order chi connectivity index (χ1) is 23.6. The lowest BCUT2D eigenvalue weighted by atomic mass is 10.0. The number of unbranched alkanes of at least 4 members (excludes halogenated alkanes) is 14. The van der Waals surface area contributed by atoms with Crippen LogP contribution in [0.15, 0.2) is 72.9 Å². The summed E-state index contributed by atoms with van der Waals surface area (Å²) in [6, 6.07) is 0. The van der Waals surface area contributed by atoms with E-state index in [1.807, 2.05) is 0 Å². The molecule has 274 valence electrons. The second-order valence-electron chi connectivity index (χ2n) is 13.1. The monoisotopic (exact) mass is 667 g/mol. The summed E-state index contributed by atoms with van der Waals surface area (Å²) in [6.07, 6.45) is 54.9. The maximum Gasteiger partial charge on any atom is 0.306 e. The maximum atomic E-state index is 12.7. The average Bonchev–Trinajstić information content (AvgIpc) is 3.07. The Labute approximate surface area is 297 Å². The van der Waals surface area contributed by atoms with E-state index in [0.717, 1.165) is 96.3 Å². The average molecular weight is 667 g/mol. The van der Waals surface area contributed by atoms with Crippen molar-refractivity contribution in [1.82, 2.24) is 0 Å². The quantitative estimate of drug-likeness (QED) is 0.0415. The summed E-state index contributed by atoms with van der Waals surface area (Å²) in [5.74, 6) is -0.762. The fraction of sp³-hybridized carbons (Fsp3) is 0.682. The number of carboxylic acid groups (broad SMARTS) is 1. The molecule has 0 rings (SSSR count). The van der Waals surface area contributed by atoms with Crippen LogP contribution in [-0.4, -0.2) is 23.1 Å². The van der Waals surface area contributed by atoms with Crippen LogP contribution in [0.2, 0.25) is 0 Å². The third-order valence-corrected chi connectivity index (χ3v) is 8.42. The van der Waals surface area contributed by atoms with E-state index in [0.29, 0.717) is 6.42 Å². The predicted molar refractivity (Wildman–Crippen MR) is 208 cm³/mol. The van der Waals surface area contributed by atoms with Crippen molar-refractivity contribution in [3.63, 3.8) is 0 Å². The first kappa shape index (κ1) is 45.4. The zero-order chi connectivity index (χ0) is 35.0. The molecule has 1 atom stereocenters. The van der Waals surface area contributed by atoms with Gasteiger partial charge in [0.15, 0.2) is 0 Å². The Morgan fingerprint density at radius 1 is 0.479 bits per heavy atom. The second kappa shape index (κ2) is 38.8. The first-order valence-electron chi connectivity index (χ1n) is 19.9. The van der Waals surface area contributed by atoms with Crippen LogP contribution in [0.5, 0.6) is 0 Å². The molecule has 0 aromatic rings. The van der Waals surface area contributed by atoms with Gasteiger partial charge in [0.2, 0.25) is 0 Å². The Bertz CT molecular complexity index is 892. The van der Waals surface area contributed by atoms with Gasteiger partial charge in [-0.25, -0.2) is 0 Å². The number of rotatable bonds is 35. The Morgan fingerprint density at radius 3 is 1.46 bits per heavy atom. The molecule has 4 heteroatoms. The molecule has 1 unspecified atom stereocenters. The van der Waals surface area contributed by atoms with E-state index in [4.69, 9.17) is 9.84 Å². The van der Waals surface area contributed by atoms with Crippen molar-refractivity contribution >= 4 is 11.9 Å². The molecule has 0 fully saturated rings. The summed E-state index contributed by atoms with van der Waals surface area (Å²) in [6.45, 7) is 4.40. The van der Waals surface area contributed by atoms with E-state index in [1.165, 1.54) is 64.2 Å². The number of carbonyl (C=O) groups excluding carboxylic acids is 1. The van der Waals surface area contributed by atoms with Gasteiger partial charge in [-0.3, -0.25) is 9.59 Å². The molecule has 0 spiro atoms. The van der Waals surface area contributed by atoms with Gasteiger partial charge in [0.05, 0.1) is 0 Å². The number of hydrogen-bond donors (Lipinski definition) is 1. The summed E-state index contributed by atoms with van der Waals surface area (Å²) in [5, 5.41) is 8.82. The normalized spacial score (nSPS) is 13.0. The van der Waals surface area contributed by atoms with Gasteiger partial charge < -0.3 is 9.84 Å². The topological polar surface area (TPSA) is 63.6 Å². The van der Waals surface area contributed by atoms with Crippen molar-refractivity contribution < 1.29 is 19.4 Å². The minimum absolute atomic E-state index is 0.0283. The van der Waals surface area contributed by atoms with Crippen LogP contribution >= 0.6 is 0 Å².